The highest BCUT2D eigenvalue weighted by Crippen LogP contribution is 2.28. The molecule has 176 valence electrons. The summed E-state index contributed by atoms with van der Waals surface area (Å²) in [5.41, 5.74) is 1.88. The molecule has 0 bridgehead atoms. The molecule has 1 fully saturated rings. The first-order chi connectivity index (χ1) is 15.7. The number of imidazole rings is 1. The predicted octanol–water partition coefficient (Wildman–Crippen LogP) is 3.52. The molecule has 0 spiro atoms. The van der Waals surface area contributed by atoms with Gasteiger partial charge in [-0.15, -0.1) is 0 Å². The van der Waals surface area contributed by atoms with E-state index in [1.165, 1.54) is 16.1 Å². The van der Waals surface area contributed by atoms with Crippen LogP contribution in [-0.2, 0) is 14.8 Å². The highest BCUT2D eigenvalue weighted by molar-refractivity contribution is 7.99. The molecule has 0 aliphatic carbocycles. The molecular weight excluding hydrogens is 470 g/mol. The van der Waals surface area contributed by atoms with E-state index in [0.717, 1.165) is 28.3 Å². The molecule has 11 heteroatoms. The van der Waals surface area contributed by atoms with E-state index in [9.17, 15) is 22.0 Å². The van der Waals surface area contributed by atoms with Crippen LogP contribution in [0.5, 0.6) is 0 Å². The number of hydrogen-bond donors (Lipinski definition) is 0. The Morgan fingerprint density at radius 3 is 2.42 bits per heavy atom. The summed E-state index contributed by atoms with van der Waals surface area (Å²) in [6, 6.07) is 10.5. The van der Waals surface area contributed by atoms with Crippen molar-refractivity contribution in [2.45, 2.75) is 29.9 Å². The third-order valence-corrected chi connectivity index (χ3v) is 8.36. The molecule has 0 saturated carbocycles. The summed E-state index contributed by atoms with van der Waals surface area (Å²) in [5, 5.41) is 0.763. The highest BCUT2D eigenvalue weighted by Gasteiger charge is 2.31. The number of amides is 1. The number of carbonyl (C=O) groups excluding carboxylic acids is 1. The lowest BCUT2D eigenvalue weighted by molar-refractivity contribution is -0.129. The molecule has 1 saturated heterocycles. The van der Waals surface area contributed by atoms with Gasteiger partial charge in [-0.25, -0.2) is 22.2 Å². The van der Waals surface area contributed by atoms with Crippen molar-refractivity contribution in [3.05, 3.63) is 54.1 Å². The fraction of sp³-hybridized carbons (Fsp3) is 0.364. The SMILES string of the molecule is CC(C)n1c(SCC(=O)N2CCN(S(=O)(=O)c3ccc(F)c(F)c3)CC2)nc2ccccc21. The smallest absolute Gasteiger partial charge is 0.243 e. The Bertz CT molecular complexity index is 1290. The van der Waals surface area contributed by atoms with Crippen molar-refractivity contribution < 1.29 is 22.0 Å². The van der Waals surface area contributed by atoms with Gasteiger partial charge in [0.2, 0.25) is 15.9 Å². The Hall–Kier alpha value is -2.50. The van der Waals surface area contributed by atoms with Gasteiger partial charge < -0.3 is 9.47 Å². The largest absolute Gasteiger partial charge is 0.339 e. The van der Waals surface area contributed by atoms with E-state index in [1.807, 2.05) is 24.3 Å². The summed E-state index contributed by atoms with van der Waals surface area (Å²) in [6.07, 6.45) is 0. The van der Waals surface area contributed by atoms with Crippen molar-refractivity contribution in [1.82, 2.24) is 18.8 Å². The lowest BCUT2D eigenvalue weighted by atomic mass is 10.3. The van der Waals surface area contributed by atoms with Gasteiger partial charge in [0.25, 0.3) is 0 Å². The Morgan fingerprint density at radius 2 is 1.76 bits per heavy atom. The average molecular weight is 495 g/mol. The number of fused-ring (bicyclic) bond motifs is 1. The topological polar surface area (TPSA) is 75.5 Å². The minimum absolute atomic E-state index is 0.0856. The van der Waals surface area contributed by atoms with E-state index in [1.54, 1.807) is 4.90 Å². The Morgan fingerprint density at radius 1 is 1.06 bits per heavy atom. The molecule has 2 aromatic carbocycles. The van der Waals surface area contributed by atoms with Gasteiger partial charge in [0.1, 0.15) is 0 Å². The summed E-state index contributed by atoms with van der Waals surface area (Å²) < 4.78 is 55.4. The summed E-state index contributed by atoms with van der Waals surface area (Å²) in [4.78, 5) is 18.8. The van der Waals surface area contributed by atoms with E-state index in [2.05, 4.69) is 23.4 Å². The number of sulfonamides is 1. The normalized spacial score (nSPS) is 15.5. The molecule has 0 radical (unpaired) electrons. The molecule has 0 N–H and O–H groups in total. The maximum absolute atomic E-state index is 13.5. The van der Waals surface area contributed by atoms with Gasteiger partial charge >= 0.3 is 0 Å². The number of para-hydroxylation sites is 2. The van der Waals surface area contributed by atoms with Gasteiger partial charge in [0.15, 0.2) is 16.8 Å². The van der Waals surface area contributed by atoms with Crippen molar-refractivity contribution in [2.24, 2.45) is 0 Å². The number of aromatic nitrogens is 2. The maximum atomic E-state index is 13.5. The van der Waals surface area contributed by atoms with E-state index >= 15 is 0 Å². The van der Waals surface area contributed by atoms with Gasteiger partial charge in [-0.1, -0.05) is 23.9 Å². The van der Waals surface area contributed by atoms with E-state index < -0.39 is 21.7 Å². The van der Waals surface area contributed by atoms with Crippen molar-refractivity contribution in [3.8, 4) is 0 Å². The van der Waals surface area contributed by atoms with Crippen molar-refractivity contribution >= 4 is 38.7 Å². The molecule has 1 amide bonds. The zero-order chi connectivity index (χ0) is 23.8. The first kappa shape index (κ1) is 23.7. The van der Waals surface area contributed by atoms with Gasteiger partial charge in [0, 0.05) is 32.2 Å². The fourth-order valence-electron chi connectivity index (χ4n) is 3.81. The third kappa shape index (κ3) is 4.75. The average Bonchev–Trinajstić information content (AvgIpc) is 3.18. The number of piperazine rings is 1. The second-order valence-corrected chi connectivity index (χ2v) is 10.9. The highest BCUT2D eigenvalue weighted by atomic mass is 32.2. The molecule has 0 unspecified atom stereocenters. The second kappa shape index (κ2) is 9.40. The molecule has 0 atom stereocenters. The van der Waals surface area contributed by atoms with Crippen LogP contribution in [0.25, 0.3) is 11.0 Å². The maximum Gasteiger partial charge on any atom is 0.243 e. The Kier molecular flexibility index (Phi) is 6.73. The number of benzene rings is 2. The van der Waals surface area contributed by atoms with Gasteiger partial charge in [-0.05, 0) is 44.2 Å². The standard InChI is InChI=1S/C22H24F2N4O3S2/c1-15(2)28-20-6-4-3-5-19(20)25-22(28)32-14-21(29)26-9-11-27(12-10-26)33(30,31)16-7-8-17(23)18(24)13-16/h3-8,13,15H,9-12,14H2,1-2H3. The van der Waals surface area contributed by atoms with Crippen LogP contribution in [0.2, 0.25) is 0 Å². The number of hydrogen-bond acceptors (Lipinski definition) is 5. The minimum atomic E-state index is -3.97. The minimum Gasteiger partial charge on any atom is -0.339 e. The monoisotopic (exact) mass is 494 g/mol. The van der Waals surface area contributed by atoms with Crippen LogP contribution >= 0.6 is 11.8 Å². The fourth-order valence-corrected chi connectivity index (χ4v) is 6.29. The zero-order valence-electron chi connectivity index (χ0n) is 18.2. The van der Waals surface area contributed by atoms with Crippen LogP contribution < -0.4 is 0 Å². The van der Waals surface area contributed by atoms with Crippen LogP contribution in [0.4, 0.5) is 8.78 Å². The Labute approximate surface area is 195 Å². The van der Waals surface area contributed by atoms with Crippen molar-refractivity contribution in [2.75, 3.05) is 31.9 Å². The van der Waals surface area contributed by atoms with Crippen molar-refractivity contribution in [3.63, 3.8) is 0 Å². The first-order valence-electron chi connectivity index (χ1n) is 10.5. The van der Waals surface area contributed by atoms with E-state index in [0.29, 0.717) is 6.07 Å². The molecule has 33 heavy (non-hydrogen) atoms. The van der Waals surface area contributed by atoms with Gasteiger partial charge in [-0.2, -0.15) is 4.31 Å². The van der Waals surface area contributed by atoms with Crippen LogP contribution in [0.1, 0.15) is 19.9 Å². The molecule has 1 aliphatic heterocycles. The van der Waals surface area contributed by atoms with Crippen LogP contribution in [0, 0.1) is 11.6 Å². The molecular formula is C22H24F2N4O3S2. The summed E-state index contributed by atoms with van der Waals surface area (Å²) >= 11 is 1.36. The molecule has 7 nitrogen and oxygen atoms in total. The van der Waals surface area contributed by atoms with E-state index in [4.69, 9.17) is 0 Å². The molecule has 3 aromatic rings. The molecule has 1 aromatic heterocycles. The first-order valence-corrected chi connectivity index (χ1v) is 12.9. The molecule has 4 rings (SSSR count). The number of halogens is 2. The Balaban J connectivity index is 1.39. The zero-order valence-corrected chi connectivity index (χ0v) is 19.9. The van der Waals surface area contributed by atoms with Crippen molar-refractivity contribution in [1.29, 1.82) is 0 Å². The van der Waals surface area contributed by atoms with Crippen LogP contribution in [0.3, 0.4) is 0 Å². The molecule has 1 aliphatic rings. The number of carbonyl (C=O) groups is 1. The second-order valence-electron chi connectivity index (χ2n) is 8.00. The lowest BCUT2D eigenvalue weighted by Crippen LogP contribution is -2.51. The summed E-state index contributed by atoms with van der Waals surface area (Å²) in [7, 11) is -3.97. The van der Waals surface area contributed by atoms with Crippen LogP contribution in [0.15, 0.2) is 52.5 Å². The number of rotatable bonds is 6. The molecule has 2 heterocycles. The number of nitrogens with zero attached hydrogens (tertiary/aromatic N) is 4. The van der Waals surface area contributed by atoms with Gasteiger partial charge in [0.05, 0.1) is 21.7 Å². The van der Waals surface area contributed by atoms with Crippen LogP contribution in [-0.4, -0.2) is 65.0 Å². The number of thioether (sulfide) groups is 1. The third-order valence-electron chi connectivity index (χ3n) is 5.52. The lowest BCUT2D eigenvalue weighted by Gasteiger charge is -2.34. The summed E-state index contributed by atoms with van der Waals surface area (Å²) in [5.74, 6) is -2.24. The van der Waals surface area contributed by atoms with E-state index in [-0.39, 0.29) is 48.8 Å². The summed E-state index contributed by atoms with van der Waals surface area (Å²) in [6.45, 7) is 4.75. The van der Waals surface area contributed by atoms with Gasteiger partial charge in [-0.3, -0.25) is 4.79 Å². The quantitative estimate of drug-likeness (QED) is 0.490. The predicted molar refractivity (Wildman–Crippen MR) is 123 cm³/mol.